The van der Waals surface area contributed by atoms with Crippen LogP contribution in [0.25, 0.3) is 0 Å². The zero-order valence-electron chi connectivity index (χ0n) is 11.0. The van der Waals surface area contributed by atoms with E-state index in [0.29, 0.717) is 6.42 Å². The van der Waals surface area contributed by atoms with E-state index in [1.54, 1.807) is 0 Å². The van der Waals surface area contributed by atoms with Crippen molar-refractivity contribution in [1.82, 2.24) is 4.31 Å². The number of nitrogens with zero attached hydrogens (tertiary/aromatic N) is 1. The van der Waals surface area contributed by atoms with Crippen molar-refractivity contribution < 1.29 is 23.1 Å². The summed E-state index contributed by atoms with van der Waals surface area (Å²) in [7, 11) is -2.65. The van der Waals surface area contributed by atoms with Gasteiger partial charge in [-0.2, -0.15) is 4.31 Å². The van der Waals surface area contributed by atoms with E-state index in [0.717, 1.165) is 4.31 Å². The number of carbonyl (C=O) groups is 1. The maximum absolute atomic E-state index is 12.6. The highest BCUT2D eigenvalue weighted by Crippen LogP contribution is 2.36. The fourth-order valence-electron chi connectivity index (χ4n) is 2.27. The van der Waals surface area contributed by atoms with Crippen LogP contribution in [-0.2, 0) is 14.8 Å². The first-order chi connectivity index (χ1) is 9.78. The first-order valence-corrected chi connectivity index (χ1v) is 8.26. The Morgan fingerprint density at radius 2 is 2.05 bits per heavy atom. The molecule has 1 aromatic carbocycles. The summed E-state index contributed by atoms with van der Waals surface area (Å²) in [6, 6.07) is 1.39. The molecule has 6 nitrogen and oxygen atoms in total. The van der Waals surface area contributed by atoms with Crippen LogP contribution in [0.15, 0.2) is 17.0 Å². The molecule has 0 amide bonds. The SMILES string of the molecule is COc1cc(Cl)c(S(=O)(=O)N2CCCC2C(=O)O)cc1Cl. The number of benzene rings is 1. The molecule has 0 radical (unpaired) electrons. The number of rotatable bonds is 4. The summed E-state index contributed by atoms with van der Waals surface area (Å²) < 4.78 is 31.1. The Balaban J connectivity index is 2.49. The minimum atomic E-state index is -4.03. The minimum Gasteiger partial charge on any atom is -0.495 e. The number of ether oxygens (including phenoxy) is 1. The van der Waals surface area contributed by atoms with E-state index in [2.05, 4.69) is 0 Å². The van der Waals surface area contributed by atoms with Gasteiger partial charge in [-0.25, -0.2) is 8.42 Å². The summed E-state index contributed by atoms with van der Waals surface area (Å²) in [5, 5.41) is 9.14. The molecule has 21 heavy (non-hydrogen) atoms. The number of carboxylic acid groups (broad SMARTS) is 1. The monoisotopic (exact) mass is 353 g/mol. The van der Waals surface area contributed by atoms with Crippen molar-refractivity contribution in [2.45, 2.75) is 23.8 Å². The predicted octanol–water partition coefficient (Wildman–Crippen LogP) is 2.24. The maximum atomic E-state index is 12.6. The molecule has 2 rings (SSSR count). The molecule has 0 bridgehead atoms. The van der Waals surface area contributed by atoms with Crippen LogP contribution < -0.4 is 4.74 Å². The Morgan fingerprint density at radius 1 is 1.38 bits per heavy atom. The molecule has 0 spiro atoms. The van der Waals surface area contributed by atoms with Gasteiger partial charge in [0, 0.05) is 12.6 Å². The van der Waals surface area contributed by atoms with Gasteiger partial charge in [0.25, 0.3) is 0 Å². The molecule has 1 heterocycles. The summed E-state index contributed by atoms with van der Waals surface area (Å²) in [5.74, 6) is -0.927. The van der Waals surface area contributed by atoms with Gasteiger partial charge in [0.15, 0.2) is 0 Å². The molecule has 0 aliphatic carbocycles. The predicted molar refractivity (Wildman–Crippen MR) is 77.6 cm³/mol. The zero-order chi connectivity index (χ0) is 15.8. The number of aliphatic carboxylic acids is 1. The lowest BCUT2D eigenvalue weighted by molar-refractivity contribution is -0.140. The number of hydrogen-bond acceptors (Lipinski definition) is 4. The third-order valence-corrected chi connectivity index (χ3v) is 5.95. The molecule has 0 saturated carbocycles. The van der Waals surface area contributed by atoms with E-state index >= 15 is 0 Å². The van der Waals surface area contributed by atoms with E-state index in [1.165, 1.54) is 19.2 Å². The van der Waals surface area contributed by atoms with E-state index in [-0.39, 0.29) is 33.7 Å². The van der Waals surface area contributed by atoms with Gasteiger partial charge in [0.1, 0.15) is 16.7 Å². The van der Waals surface area contributed by atoms with E-state index in [1.807, 2.05) is 0 Å². The quantitative estimate of drug-likeness (QED) is 0.897. The summed E-state index contributed by atoms with van der Waals surface area (Å²) in [6.45, 7) is 0.138. The van der Waals surface area contributed by atoms with Gasteiger partial charge in [-0.05, 0) is 18.9 Å². The van der Waals surface area contributed by atoms with Crippen molar-refractivity contribution in [2.75, 3.05) is 13.7 Å². The second kappa shape index (κ2) is 6.00. The first kappa shape index (κ1) is 16.4. The van der Waals surface area contributed by atoms with E-state index in [9.17, 15) is 13.2 Å². The van der Waals surface area contributed by atoms with E-state index in [4.69, 9.17) is 33.0 Å². The summed E-state index contributed by atoms with van der Waals surface area (Å²) in [4.78, 5) is 10.9. The third-order valence-electron chi connectivity index (χ3n) is 3.28. The molecule has 1 saturated heterocycles. The highest BCUT2D eigenvalue weighted by molar-refractivity contribution is 7.89. The van der Waals surface area contributed by atoms with Crippen molar-refractivity contribution >= 4 is 39.2 Å². The van der Waals surface area contributed by atoms with Gasteiger partial charge in [-0.3, -0.25) is 4.79 Å². The fraction of sp³-hybridized carbons (Fsp3) is 0.417. The van der Waals surface area contributed by atoms with Gasteiger partial charge in [-0.15, -0.1) is 0 Å². The van der Waals surface area contributed by atoms with Crippen LogP contribution in [-0.4, -0.2) is 43.5 Å². The first-order valence-electron chi connectivity index (χ1n) is 6.06. The van der Waals surface area contributed by atoms with Gasteiger partial charge in [0.2, 0.25) is 10.0 Å². The van der Waals surface area contributed by atoms with Gasteiger partial charge < -0.3 is 9.84 Å². The Hall–Kier alpha value is -1.02. The number of halogens is 2. The number of methoxy groups -OCH3 is 1. The zero-order valence-corrected chi connectivity index (χ0v) is 13.4. The second-order valence-electron chi connectivity index (χ2n) is 4.53. The number of hydrogen-bond donors (Lipinski definition) is 1. The molecule has 9 heteroatoms. The minimum absolute atomic E-state index is 0.0627. The molecule has 1 aromatic rings. The van der Waals surface area contributed by atoms with Crippen LogP contribution in [0.1, 0.15) is 12.8 Å². The smallest absolute Gasteiger partial charge is 0.322 e. The molecule has 116 valence electrons. The molecule has 1 unspecified atom stereocenters. The normalized spacial score (nSPS) is 19.7. The lowest BCUT2D eigenvalue weighted by atomic mass is 10.2. The third kappa shape index (κ3) is 2.96. The van der Waals surface area contributed by atoms with Crippen LogP contribution in [0.4, 0.5) is 0 Å². The lowest BCUT2D eigenvalue weighted by Gasteiger charge is -2.22. The Morgan fingerprint density at radius 3 is 2.62 bits per heavy atom. The van der Waals surface area contributed by atoms with Gasteiger partial charge in [0.05, 0.1) is 17.2 Å². The molecule has 1 aliphatic rings. The van der Waals surface area contributed by atoms with Crippen LogP contribution in [0.3, 0.4) is 0 Å². The summed E-state index contributed by atoms with van der Waals surface area (Å²) in [5.41, 5.74) is 0. The van der Waals surface area contributed by atoms with Crippen LogP contribution in [0.2, 0.25) is 10.0 Å². The van der Waals surface area contributed by atoms with Crippen LogP contribution >= 0.6 is 23.2 Å². The van der Waals surface area contributed by atoms with Crippen LogP contribution in [0, 0.1) is 0 Å². The van der Waals surface area contributed by atoms with Crippen molar-refractivity contribution in [3.05, 3.63) is 22.2 Å². The lowest BCUT2D eigenvalue weighted by Crippen LogP contribution is -2.40. The van der Waals surface area contributed by atoms with Gasteiger partial charge in [-0.1, -0.05) is 23.2 Å². The fourth-order valence-corrected chi connectivity index (χ4v) is 4.74. The summed E-state index contributed by atoms with van der Waals surface area (Å²) in [6.07, 6.45) is 0.758. The molecule has 1 fully saturated rings. The average molecular weight is 354 g/mol. The summed E-state index contributed by atoms with van der Waals surface area (Å²) >= 11 is 11.9. The van der Waals surface area contributed by atoms with Crippen LogP contribution in [0.5, 0.6) is 5.75 Å². The number of sulfonamides is 1. The largest absolute Gasteiger partial charge is 0.495 e. The average Bonchev–Trinajstić information content (AvgIpc) is 2.91. The van der Waals surface area contributed by atoms with Crippen molar-refractivity contribution in [1.29, 1.82) is 0 Å². The Kier molecular flexibility index (Phi) is 4.67. The molecular weight excluding hydrogens is 341 g/mol. The Bertz CT molecular complexity index is 676. The molecule has 1 aliphatic heterocycles. The molecular formula is C12H13Cl2NO5S. The highest BCUT2D eigenvalue weighted by Gasteiger charge is 2.40. The van der Waals surface area contributed by atoms with Crippen molar-refractivity contribution in [2.24, 2.45) is 0 Å². The number of carboxylic acids is 1. The highest BCUT2D eigenvalue weighted by atomic mass is 35.5. The second-order valence-corrected chi connectivity index (χ2v) is 7.20. The van der Waals surface area contributed by atoms with Crippen molar-refractivity contribution in [3.8, 4) is 5.75 Å². The van der Waals surface area contributed by atoms with Crippen molar-refractivity contribution in [3.63, 3.8) is 0 Å². The molecule has 1 N–H and O–H groups in total. The molecule has 1 atom stereocenters. The van der Waals surface area contributed by atoms with E-state index < -0.39 is 22.0 Å². The van der Waals surface area contributed by atoms with Gasteiger partial charge >= 0.3 is 5.97 Å². The maximum Gasteiger partial charge on any atom is 0.322 e. The standard InChI is InChI=1S/C12H13Cl2NO5S/c1-20-10-5-8(14)11(6-7(10)13)21(18,19)15-4-2-3-9(15)12(16)17/h5-6,9H,2-4H2,1H3,(H,16,17). The topological polar surface area (TPSA) is 83.9 Å². The Labute approximate surface area is 132 Å². The molecule has 0 aromatic heterocycles.